The first-order valence-electron chi connectivity index (χ1n) is 7.51. The second-order valence-corrected chi connectivity index (χ2v) is 5.67. The van der Waals surface area contributed by atoms with Crippen molar-refractivity contribution in [3.8, 4) is 0 Å². The number of hydrogen-bond acceptors (Lipinski definition) is 4. The largest absolute Gasteiger partial charge is 0.379 e. The molecule has 1 heterocycles. The van der Waals surface area contributed by atoms with Gasteiger partial charge >= 0.3 is 0 Å². The number of carbonyl (C=O) groups excluding carboxylic acids is 2. The van der Waals surface area contributed by atoms with Gasteiger partial charge in [0.15, 0.2) is 5.78 Å². The molecule has 0 unspecified atom stereocenters. The highest BCUT2D eigenvalue weighted by Gasteiger charge is 2.12. The Kier molecular flexibility index (Phi) is 6.83. The predicted octanol–water partition coefficient (Wildman–Crippen LogP) is 1.75. The molecule has 0 atom stereocenters. The Balaban J connectivity index is 1.63. The van der Waals surface area contributed by atoms with Crippen molar-refractivity contribution in [3.63, 3.8) is 0 Å². The number of nitrogens with zero attached hydrogens (tertiary/aromatic N) is 1. The van der Waals surface area contributed by atoms with E-state index in [2.05, 4.69) is 10.2 Å². The highest BCUT2D eigenvalue weighted by Crippen LogP contribution is 2.13. The fourth-order valence-corrected chi connectivity index (χ4v) is 2.49. The van der Waals surface area contributed by atoms with Crippen molar-refractivity contribution >= 4 is 23.3 Å². The van der Waals surface area contributed by atoms with E-state index in [4.69, 9.17) is 16.3 Å². The van der Waals surface area contributed by atoms with Gasteiger partial charge in [0.05, 0.1) is 13.2 Å². The van der Waals surface area contributed by atoms with E-state index in [9.17, 15) is 9.59 Å². The van der Waals surface area contributed by atoms with E-state index in [0.717, 1.165) is 32.8 Å². The highest BCUT2D eigenvalue weighted by atomic mass is 35.5. The minimum atomic E-state index is -0.0939. The maximum absolute atomic E-state index is 12.0. The third-order valence-electron chi connectivity index (χ3n) is 3.58. The summed E-state index contributed by atoms with van der Waals surface area (Å²) < 4.78 is 5.27. The summed E-state index contributed by atoms with van der Waals surface area (Å²) in [5, 5.41) is 3.38. The lowest BCUT2D eigenvalue weighted by atomic mass is 10.1. The van der Waals surface area contributed by atoms with Crippen molar-refractivity contribution in [3.05, 3.63) is 34.9 Å². The number of benzene rings is 1. The van der Waals surface area contributed by atoms with Crippen LogP contribution in [0.4, 0.5) is 0 Å². The highest BCUT2D eigenvalue weighted by molar-refractivity contribution is 6.31. The molecule has 1 aliphatic rings. The molecule has 6 heteroatoms. The van der Waals surface area contributed by atoms with Crippen LogP contribution in [0.3, 0.4) is 0 Å². The van der Waals surface area contributed by atoms with Crippen molar-refractivity contribution in [1.82, 2.24) is 10.2 Å². The third kappa shape index (κ3) is 5.75. The summed E-state index contributed by atoms with van der Waals surface area (Å²) in [6.07, 6.45) is 0.401. The second-order valence-electron chi connectivity index (χ2n) is 5.24. The van der Waals surface area contributed by atoms with Gasteiger partial charge in [-0.15, -0.1) is 0 Å². The number of hydrogen-bond donors (Lipinski definition) is 1. The number of morpholine rings is 1. The molecule has 22 heavy (non-hydrogen) atoms. The monoisotopic (exact) mass is 324 g/mol. The first-order valence-corrected chi connectivity index (χ1v) is 7.88. The van der Waals surface area contributed by atoms with Crippen molar-refractivity contribution in [1.29, 1.82) is 0 Å². The average Bonchev–Trinajstić information content (AvgIpc) is 2.53. The Morgan fingerprint density at radius 3 is 2.73 bits per heavy atom. The predicted molar refractivity (Wildman–Crippen MR) is 85.3 cm³/mol. The van der Waals surface area contributed by atoms with E-state index in [1.807, 2.05) is 0 Å². The summed E-state index contributed by atoms with van der Waals surface area (Å²) in [7, 11) is 0. The van der Waals surface area contributed by atoms with E-state index in [1.54, 1.807) is 24.3 Å². The lowest BCUT2D eigenvalue weighted by Gasteiger charge is -2.26. The maximum Gasteiger partial charge on any atom is 0.220 e. The van der Waals surface area contributed by atoms with Gasteiger partial charge in [-0.3, -0.25) is 14.5 Å². The van der Waals surface area contributed by atoms with Crippen molar-refractivity contribution in [2.24, 2.45) is 0 Å². The molecule has 1 aromatic rings. The van der Waals surface area contributed by atoms with E-state index in [-0.39, 0.29) is 24.5 Å². The Morgan fingerprint density at radius 2 is 2.00 bits per heavy atom. The van der Waals surface area contributed by atoms with Gasteiger partial charge in [-0.1, -0.05) is 23.7 Å². The zero-order chi connectivity index (χ0) is 15.8. The van der Waals surface area contributed by atoms with Gasteiger partial charge in [0.1, 0.15) is 0 Å². The molecule has 1 saturated heterocycles. The van der Waals surface area contributed by atoms with Crippen molar-refractivity contribution in [2.75, 3.05) is 39.4 Å². The molecule has 0 aliphatic carbocycles. The Morgan fingerprint density at radius 1 is 1.23 bits per heavy atom. The molecule has 1 fully saturated rings. The molecular formula is C16H21ClN2O3. The van der Waals surface area contributed by atoms with Crippen LogP contribution in [0, 0.1) is 0 Å². The zero-order valence-corrected chi connectivity index (χ0v) is 13.3. The number of nitrogens with one attached hydrogen (secondary N) is 1. The van der Waals surface area contributed by atoms with Crippen LogP contribution in [0.1, 0.15) is 23.2 Å². The Labute approximate surface area is 135 Å². The number of ether oxygens (including phenoxy) is 1. The molecule has 1 N–H and O–H groups in total. The van der Waals surface area contributed by atoms with Crippen LogP contribution in [0.5, 0.6) is 0 Å². The molecule has 2 rings (SSSR count). The van der Waals surface area contributed by atoms with Crippen LogP contribution in [0.2, 0.25) is 5.02 Å². The van der Waals surface area contributed by atoms with E-state index in [1.165, 1.54) is 0 Å². The molecular weight excluding hydrogens is 304 g/mol. The number of ketones is 1. The molecule has 1 aliphatic heterocycles. The van der Waals surface area contributed by atoms with Gasteiger partial charge in [0, 0.05) is 49.6 Å². The standard InChI is InChI=1S/C16H21ClN2O3/c17-14-3-1-2-13(12-14)15(20)4-5-16(21)18-6-7-19-8-10-22-11-9-19/h1-3,12H,4-11H2,(H,18,21). The van der Waals surface area contributed by atoms with Gasteiger partial charge in [-0.2, -0.15) is 0 Å². The summed E-state index contributed by atoms with van der Waals surface area (Å²) in [5.74, 6) is -0.158. The van der Waals surface area contributed by atoms with Crippen LogP contribution in [0.15, 0.2) is 24.3 Å². The fraction of sp³-hybridized carbons (Fsp3) is 0.500. The van der Waals surface area contributed by atoms with Crippen molar-refractivity contribution < 1.29 is 14.3 Å². The van der Waals surface area contributed by atoms with Crippen LogP contribution >= 0.6 is 11.6 Å². The first kappa shape index (κ1) is 16.9. The number of amides is 1. The maximum atomic E-state index is 12.0. The summed E-state index contributed by atoms with van der Waals surface area (Å²) in [5.41, 5.74) is 0.550. The fourth-order valence-electron chi connectivity index (χ4n) is 2.30. The van der Waals surface area contributed by atoms with Crippen LogP contribution in [-0.4, -0.2) is 56.0 Å². The van der Waals surface area contributed by atoms with Crippen LogP contribution < -0.4 is 5.32 Å². The third-order valence-corrected chi connectivity index (χ3v) is 3.81. The van der Waals surface area contributed by atoms with Gasteiger partial charge < -0.3 is 10.1 Å². The number of rotatable bonds is 7. The number of carbonyl (C=O) groups is 2. The molecule has 0 aromatic heterocycles. The molecule has 0 bridgehead atoms. The summed E-state index contributed by atoms with van der Waals surface area (Å²) in [6.45, 7) is 4.73. The van der Waals surface area contributed by atoms with Gasteiger partial charge in [-0.25, -0.2) is 0 Å². The number of halogens is 1. The Bertz CT molecular complexity index is 516. The lowest BCUT2D eigenvalue weighted by molar-refractivity contribution is -0.121. The first-order chi connectivity index (χ1) is 10.6. The molecule has 120 valence electrons. The normalized spacial score (nSPS) is 15.5. The smallest absolute Gasteiger partial charge is 0.220 e. The van der Waals surface area contributed by atoms with Crippen LogP contribution in [0.25, 0.3) is 0 Å². The minimum absolute atomic E-state index is 0.0640. The average molecular weight is 325 g/mol. The summed E-state index contributed by atoms with van der Waals surface area (Å²) in [4.78, 5) is 26.0. The molecule has 1 amide bonds. The molecule has 0 saturated carbocycles. The quantitative estimate of drug-likeness (QED) is 0.776. The molecule has 5 nitrogen and oxygen atoms in total. The Hall–Kier alpha value is -1.43. The van der Waals surface area contributed by atoms with E-state index in [0.29, 0.717) is 17.1 Å². The summed E-state index contributed by atoms with van der Waals surface area (Å²) >= 11 is 5.85. The van der Waals surface area contributed by atoms with Crippen LogP contribution in [-0.2, 0) is 9.53 Å². The molecule has 0 radical (unpaired) electrons. The topological polar surface area (TPSA) is 58.6 Å². The zero-order valence-electron chi connectivity index (χ0n) is 12.5. The van der Waals surface area contributed by atoms with E-state index < -0.39 is 0 Å². The lowest BCUT2D eigenvalue weighted by Crippen LogP contribution is -2.41. The van der Waals surface area contributed by atoms with Crippen molar-refractivity contribution in [2.45, 2.75) is 12.8 Å². The SMILES string of the molecule is O=C(CCC(=O)c1cccc(Cl)c1)NCCN1CCOCC1. The summed E-state index contributed by atoms with van der Waals surface area (Å²) in [6, 6.07) is 6.79. The second kappa shape index (κ2) is 8.88. The minimum Gasteiger partial charge on any atom is -0.379 e. The number of Topliss-reactive ketones (excluding diaryl/α,β-unsaturated/α-hetero) is 1. The van der Waals surface area contributed by atoms with Gasteiger partial charge in [0.2, 0.25) is 5.91 Å². The van der Waals surface area contributed by atoms with Gasteiger partial charge in [-0.05, 0) is 12.1 Å². The van der Waals surface area contributed by atoms with Gasteiger partial charge in [0.25, 0.3) is 0 Å². The molecule has 0 spiro atoms. The van der Waals surface area contributed by atoms with E-state index >= 15 is 0 Å². The molecule has 1 aromatic carbocycles.